The summed E-state index contributed by atoms with van der Waals surface area (Å²) < 4.78 is 13.1. The summed E-state index contributed by atoms with van der Waals surface area (Å²) in [4.78, 5) is 2.36. The fraction of sp³-hybridized carbons (Fsp3) is 0.571. The lowest BCUT2D eigenvalue weighted by atomic mass is 10.1. The van der Waals surface area contributed by atoms with Crippen molar-refractivity contribution < 1.29 is 4.39 Å². The average molecular weight is 273 g/mol. The van der Waals surface area contributed by atoms with E-state index in [1.54, 1.807) is 12.1 Å². The van der Waals surface area contributed by atoms with Crippen molar-refractivity contribution in [2.75, 3.05) is 26.2 Å². The van der Waals surface area contributed by atoms with Gasteiger partial charge in [0, 0.05) is 19.1 Å². The first-order chi connectivity index (χ1) is 8.58. The smallest absolute Gasteiger partial charge is 0.141 e. The van der Waals surface area contributed by atoms with Gasteiger partial charge < -0.3 is 10.2 Å². The van der Waals surface area contributed by atoms with Gasteiger partial charge in [0.1, 0.15) is 5.82 Å². The van der Waals surface area contributed by atoms with Gasteiger partial charge in [-0.25, -0.2) is 4.39 Å². The number of benzene rings is 1. The molecule has 0 aliphatic heterocycles. The van der Waals surface area contributed by atoms with Crippen LogP contribution in [0, 0.1) is 5.82 Å². The second-order valence-electron chi connectivity index (χ2n) is 4.38. The summed E-state index contributed by atoms with van der Waals surface area (Å²) in [6, 6.07) is 5.06. The summed E-state index contributed by atoms with van der Waals surface area (Å²) in [5.74, 6) is -0.365. The third-order valence-corrected chi connectivity index (χ3v) is 3.51. The van der Waals surface area contributed by atoms with E-state index in [9.17, 15) is 4.39 Å². The van der Waals surface area contributed by atoms with E-state index in [0.717, 1.165) is 31.7 Å². The molecule has 1 aromatic carbocycles. The van der Waals surface area contributed by atoms with Gasteiger partial charge in [0.15, 0.2) is 0 Å². The molecule has 0 heterocycles. The van der Waals surface area contributed by atoms with Crippen molar-refractivity contribution in [2.24, 2.45) is 0 Å². The Bertz CT molecular complexity index is 367. The lowest BCUT2D eigenvalue weighted by molar-refractivity contribution is 0.298. The number of nitrogens with one attached hydrogen (secondary N) is 1. The highest BCUT2D eigenvalue weighted by molar-refractivity contribution is 6.30. The van der Waals surface area contributed by atoms with Crippen LogP contribution >= 0.6 is 11.6 Å². The lowest BCUT2D eigenvalue weighted by Gasteiger charge is -2.20. The molecule has 0 aliphatic carbocycles. The third kappa shape index (κ3) is 4.56. The van der Waals surface area contributed by atoms with Crippen LogP contribution < -0.4 is 5.32 Å². The Morgan fingerprint density at radius 2 is 2.00 bits per heavy atom. The monoisotopic (exact) mass is 272 g/mol. The van der Waals surface area contributed by atoms with Crippen LogP contribution in [0.1, 0.15) is 32.4 Å². The average Bonchev–Trinajstić information content (AvgIpc) is 2.37. The largest absolute Gasteiger partial charge is 0.309 e. The zero-order valence-electron chi connectivity index (χ0n) is 11.3. The maximum atomic E-state index is 13.1. The minimum Gasteiger partial charge on any atom is -0.309 e. The zero-order valence-corrected chi connectivity index (χ0v) is 12.1. The van der Waals surface area contributed by atoms with Crippen molar-refractivity contribution in [1.29, 1.82) is 0 Å². The van der Waals surface area contributed by atoms with Crippen LogP contribution in [0.5, 0.6) is 0 Å². The highest BCUT2D eigenvalue weighted by Crippen LogP contribution is 2.20. The highest BCUT2D eigenvalue weighted by Gasteiger charge is 2.08. The SMILES string of the molecule is CCN(CC)CCNC(C)c1ccc(F)c(Cl)c1. The molecule has 0 bridgehead atoms. The van der Waals surface area contributed by atoms with E-state index in [2.05, 4.69) is 31.0 Å². The van der Waals surface area contributed by atoms with Crippen LogP contribution in [0.25, 0.3) is 0 Å². The second kappa shape index (κ2) is 7.72. The Morgan fingerprint density at radius 3 is 2.56 bits per heavy atom. The molecule has 102 valence electrons. The highest BCUT2D eigenvalue weighted by atomic mass is 35.5. The van der Waals surface area contributed by atoms with Crippen LogP contribution in [0.15, 0.2) is 18.2 Å². The predicted molar refractivity (Wildman–Crippen MR) is 75.6 cm³/mol. The van der Waals surface area contributed by atoms with Crippen LogP contribution in [0.2, 0.25) is 5.02 Å². The molecule has 0 aliphatic rings. The Hall–Kier alpha value is -0.640. The Balaban J connectivity index is 2.45. The fourth-order valence-electron chi connectivity index (χ4n) is 1.88. The molecule has 2 nitrogen and oxygen atoms in total. The maximum Gasteiger partial charge on any atom is 0.141 e. The molecular formula is C14H22ClFN2. The minimum atomic E-state index is -0.365. The van der Waals surface area contributed by atoms with Gasteiger partial charge in [-0.2, -0.15) is 0 Å². The first kappa shape index (κ1) is 15.4. The van der Waals surface area contributed by atoms with Gasteiger partial charge in [-0.1, -0.05) is 31.5 Å². The molecule has 1 unspecified atom stereocenters. The summed E-state index contributed by atoms with van der Waals surface area (Å²) in [5.41, 5.74) is 1.01. The van der Waals surface area contributed by atoms with Crippen LogP contribution in [-0.4, -0.2) is 31.1 Å². The van der Waals surface area contributed by atoms with Crippen LogP contribution in [0.3, 0.4) is 0 Å². The number of hydrogen-bond acceptors (Lipinski definition) is 2. The number of rotatable bonds is 7. The van der Waals surface area contributed by atoms with Gasteiger partial charge in [-0.05, 0) is 37.7 Å². The van der Waals surface area contributed by atoms with E-state index in [-0.39, 0.29) is 16.9 Å². The van der Waals surface area contributed by atoms with Gasteiger partial charge in [0.25, 0.3) is 0 Å². The first-order valence-electron chi connectivity index (χ1n) is 6.49. The van der Waals surface area contributed by atoms with Gasteiger partial charge in [-0.3, -0.25) is 0 Å². The van der Waals surface area contributed by atoms with E-state index < -0.39 is 0 Å². The van der Waals surface area contributed by atoms with E-state index in [1.807, 2.05) is 0 Å². The summed E-state index contributed by atoms with van der Waals surface area (Å²) in [6.45, 7) is 10.4. The number of nitrogens with zero attached hydrogens (tertiary/aromatic N) is 1. The van der Waals surface area contributed by atoms with Crippen molar-refractivity contribution >= 4 is 11.6 Å². The summed E-state index contributed by atoms with van der Waals surface area (Å²) in [7, 11) is 0. The van der Waals surface area contributed by atoms with Gasteiger partial charge in [0.2, 0.25) is 0 Å². The van der Waals surface area contributed by atoms with Crippen molar-refractivity contribution in [3.63, 3.8) is 0 Å². The Kier molecular flexibility index (Phi) is 6.61. The molecule has 1 N–H and O–H groups in total. The van der Waals surface area contributed by atoms with Crippen molar-refractivity contribution in [3.8, 4) is 0 Å². The lowest BCUT2D eigenvalue weighted by Crippen LogP contribution is -2.33. The molecule has 18 heavy (non-hydrogen) atoms. The topological polar surface area (TPSA) is 15.3 Å². The van der Waals surface area contributed by atoms with E-state index >= 15 is 0 Å². The number of likely N-dealkylation sites (N-methyl/N-ethyl adjacent to an activating group) is 1. The normalized spacial score (nSPS) is 13.0. The number of halogens is 2. The molecular weight excluding hydrogens is 251 g/mol. The third-order valence-electron chi connectivity index (χ3n) is 3.22. The van der Waals surface area contributed by atoms with Gasteiger partial charge >= 0.3 is 0 Å². The Morgan fingerprint density at radius 1 is 1.33 bits per heavy atom. The van der Waals surface area contributed by atoms with Gasteiger partial charge in [-0.15, -0.1) is 0 Å². The predicted octanol–water partition coefficient (Wildman–Crippen LogP) is 3.47. The molecule has 0 radical (unpaired) electrons. The summed E-state index contributed by atoms with van der Waals surface area (Å²) >= 11 is 5.78. The van der Waals surface area contributed by atoms with E-state index in [4.69, 9.17) is 11.6 Å². The molecule has 0 saturated carbocycles. The Labute approximate surface area is 114 Å². The van der Waals surface area contributed by atoms with Gasteiger partial charge in [0.05, 0.1) is 5.02 Å². The second-order valence-corrected chi connectivity index (χ2v) is 4.78. The molecule has 0 saturated heterocycles. The minimum absolute atomic E-state index is 0.179. The van der Waals surface area contributed by atoms with Crippen molar-refractivity contribution in [3.05, 3.63) is 34.6 Å². The molecule has 1 rings (SSSR count). The zero-order chi connectivity index (χ0) is 13.5. The number of hydrogen-bond donors (Lipinski definition) is 1. The maximum absolute atomic E-state index is 13.1. The molecule has 4 heteroatoms. The standard InChI is InChI=1S/C14H22ClFN2/c1-4-18(5-2)9-8-17-11(3)12-6-7-14(16)13(15)10-12/h6-7,10-11,17H,4-5,8-9H2,1-3H3. The molecule has 0 aromatic heterocycles. The van der Waals surface area contributed by atoms with Crippen LogP contribution in [0.4, 0.5) is 4.39 Å². The summed E-state index contributed by atoms with van der Waals surface area (Å²) in [6.07, 6.45) is 0. The first-order valence-corrected chi connectivity index (χ1v) is 6.87. The molecule has 1 atom stereocenters. The molecule has 0 fully saturated rings. The fourth-order valence-corrected chi connectivity index (χ4v) is 2.07. The molecule has 0 spiro atoms. The van der Waals surface area contributed by atoms with Crippen LogP contribution in [-0.2, 0) is 0 Å². The van der Waals surface area contributed by atoms with E-state index in [1.165, 1.54) is 6.07 Å². The van der Waals surface area contributed by atoms with E-state index in [0.29, 0.717) is 0 Å². The molecule has 0 amide bonds. The quantitative estimate of drug-likeness (QED) is 0.818. The van der Waals surface area contributed by atoms with Crippen molar-refractivity contribution in [2.45, 2.75) is 26.8 Å². The summed E-state index contributed by atoms with van der Waals surface area (Å²) in [5, 5.41) is 3.61. The van der Waals surface area contributed by atoms with Crippen molar-refractivity contribution in [1.82, 2.24) is 10.2 Å². The molecule has 1 aromatic rings.